The number of primary amides is 1. The third-order valence-electron chi connectivity index (χ3n) is 7.44. The fraction of sp³-hybridized carbons (Fsp3) is 0.233. The molecule has 6 N–H and O–H groups in total. The van der Waals surface area contributed by atoms with Crippen LogP contribution in [0.5, 0.6) is 0 Å². The summed E-state index contributed by atoms with van der Waals surface area (Å²) in [6.45, 7) is 0.416. The number of nitrogens with two attached hydrogens (primary N) is 1. The number of amides is 5. The number of likely N-dealkylation sites (tertiary alicyclic amines) is 1. The maximum Gasteiger partial charge on any atom is 0.412 e. The molecule has 2 aliphatic rings. The van der Waals surface area contributed by atoms with Crippen molar-refractivity contribution in [1.82, 2.24) is 10.2 Å². The Bertz CT molecular complexity index is 1600. The van der Waals surface area contributed by atoms with Gasteiger partial charge in [0, 0.05) is 40.4 Å². The summed E-state index contributed by atoms with van der Waals surface area (Å²) in [4.78, 5) is 63.9. The molecule has 222 valence electrons. The lowest BCUT2D eigenvalue weighted by atomic mass is 9.83. The summed E-state index contributed by atoms with van der Waals surface area (Å²) in [6.07, 6.45) is -0.787. The normalized spacial score (nSPS) is 18.1. The molecule has 2 aliphatic heterocycles. The molecule has 2 atom stereocenters. The number of hydrogen-bond donors (Lipinski definition) is 5. The van der Waals surface area contributed by atoms with Gasteiger partial charge in [0.25, 0.3) is 5.91 Å². The van der Waals surface area contributed by atoms with Gasteiger partial charge in [0.05, 0.1) is 12.2 Å². The van der Waals surface area contributed by atoms with Crippen LogP contribution < -0.4 is 21.7 Å². The van der Waals surface area contributed by atoms with Crippen LogP contribution in [0.3, 0.4) is 0 Å². The predicted octanol–water partition coefficient (Wildman–Crippen LogP) is 3.95. The second-order valence-electron chi connectivity index (χ2n) is 10.4. The van der Waals surface area contributed by atoms with Gasteiger partial charge in [-0.05, 0) is 73.0 Å². The number of carbonyl (C=O) groups excluding carboxylic acids is 4. The van der Waals surface area contributed by atoms with Crippen LogP contribution in [0.1, 0.15) is 44.7 Å². The molecule has 1 fully saturated rings. The zero-order chi connectivity index (χ0) is 30.7. The van der Waals surface area contributed by atoms with Crippen molar-refractivity contribution in [3.8, 4) is 0 Å². The van der Waals surface area contributed by atoms with E-state index in [1.54, 1.807) is 47.4 Å². The molecule has 3 aromatic carbocycles. The Balaban J connectivity index is 1.42. The Hall–Kier alpha value is -5.10. The molecule has 5 rings (SSSR count). The van der Waals surface area contributed by atoms with Gasteiger partial charge in [-0.25, -0.2) is 9.59 Å². The molecule has 1 saturated heterocycles. The van der Waals surface area contributed by atoms with Crippen molar-refractivity contribution in [3.05, 3.63) is 94.0 Å². The van der Waals surface area contributed by atoms with E-state index in [-0.39, 0.29) is 24.2 Å². The van der Waals surface area contributed by atoms with Crippen molar-refractivity contribution in [1.29, 1.82) is 0 Å². The van der Waals surface area contributed by atoms with E-state index in [0.717, 1.165) is 0 Å². The van der Waals surface area contributed by atoms with Gasteiger partial charge in [0.15, 0.2) is 5.60 Å². The minimum atomic E-state index is -1.24. The van der Waals surface area contributed by atoms with Crippen molar-refractivity contribution in [2.75, 3.05) is 23.7 Å². The number of nitrogens with zero attached hydrogens (tertiary/aromatic N) is 1. The number of hydrogen-bond acceptors (Lipinski definition) is 6. The van der Waals surface area contributed by atoms with Crippen LogP contribution in [0, 0.1) is 0 Å². The van der Waals surface area contributed by atoms with Gasteiger partial charge in [0.1, 0.15) is 6.04 Å². The summed E-state index contributed by atoms with van der Waals surface area (Å²) >= 11 is 6.28. The molecule has 5 amide bonds. The molecule has 0 aliphatic carbocycles. The third-order valence-corrected chi connectivity index (χ3v) is 7.68. The molecule has 1 spiro atoms. The smallest absolute Gasteiger partial charge is 0.412 e. The lowest BCUT2D eigenvalue weighted by molar-refractivity contribution is -0.141. The van der Waals surface area contributed by atoms with Crippen LogP contribution in [-0.4, -0.2) is 59.0 Å². The Morgan fingerprint density at radius 2 is 1.74 bits per heavy atom. The van der Waals surface area contributed by atoms with Crippen molar-refractivity contribution >= 4 is 52.9 Å². The second kappa shape index (κ2) is 12.0. The minimum absolute atomic E-state index is 0.0507. The molecule has 2 heterocycles. The highest BCUT2D eigenvalue weighted by atomic mass is 35.5. The van der Waals surface area contributed by atoms with Crippen molar-refractivity contribution in [3.63, 3.8) is 0 Å². The number of anilines is 2. The van der Waals surface area contributed by atoms with Gasteiger partial charge < -0.3 is 25.8 Å². The molecule has 0 saturated carbocycles. The number of piperidine rings is 1. The van der Waals surface area contributed by atoms with Gasteiger partial charge in [0.2, 0.25) is 11.8 Å². The van der Waals surface area contributed by atoms with E-state index in [0.29, 0.717) is 46.8 Å². The molecule has 13 heteroatoms. The van der Waals surface area contributed by atoms with Crippen molar-refractivity contribution in [2.45, 2.75) is 30.9 Å². The van der Waals surface area contributed by atoms with Crippen LogP contribution >= 0.6 is 11.6 Å². The molecule has 43 heavy (non-hydrogen) atoms. The average Bonchev–Trinajstić information content (AvgIpc) is 2.97. The Morgan fingerprint density at radius 3 is 2.42 bits per heavy atom. The third kappa shape index (κ3) is 6.54. The number of nitrogens with one attached hydrogen (secondary N) is 3. The standard InChI is InChI=1S/C30H28ClN5O7/c31-20-8-11-23-22(15-20)30(43-29(42)35-23)12-1-13-36(16-30)27(39)24(14-17-2-4-18(5-3-17)25(32)37)34-26(38)19-6-9-21(10-7-19)33-28(40)41/h2-11,15,24,33H,1,12-14,16H2,(H2,32,37)(H,34,38)(H,35,42)(H,40,41)/t24-,30-/m0/s1. The molecular weight excluding hydrogens is 578 g/mol. The molecule has 12 nitrogen and oxygen atoms in total. The van der Waals surface area contributed by atoms with E-state index in [4.69, 9.17) is 27.2 Å². The number of carbonyl (C=O) groups is 5. The Kier molecular flexibility index (Phi) is 8.22. The first-order valence-corrected chi connectivity index (χ1v) is 13.8. The summed E-state index contributed by atoms with van der Waals surface area (Å²) in [5, 5.41) is 17.1. The van der Waals surface area contributed by atoms with Crippen LogP contribution in [0.15, 0.2) is 66.7 Å². The number of benzene rings is 3. The van der Waals surface area contributed by atoms with E-state index in [1.165, 1.54) is 24.3 Å². The largest absolute Gasteiger partial charge is 0.465 e. The highest BCUT2D eigenvalue weighted by Gasteiger charge is 2.47. The van der Waals surface area contributed by atoms with Crippen LogP contribution in [-0.2, 0) is 21.6 Å². The second-order valence-corrected chi connectivity index (χ2v) is 10.8. The molecule has 0 unspecified atom stereocenters. The van der Waals surface area contributed by atoms with Crippen molar-refractivity contribution in [2.24, 2.45) is 5.73 Å². The molecule has 0 radical (unpaired) electrons. The summed E-state index contributed by atoms with van der Waals surface area (Å²) in [6, 6.07) is 16.2. The maximum absolute atomic E-state index is 14.1. The van der Waals surface area contributed by atoms with E-state index in [9.17, 15) is 24.0 Å². The lowest BCUT2D eigenvalue weighted by Gasteiger charge is -2.45. The zero-order valence-electron chi connectivity index (χ0n) is 22.8. The van der Waals surface area contributed by atoms with Crippen molar-refractivity contribution < 1.29 is 33.8 Å². The molecular formula is C30H28ClN5O7. The molecule has 0 bridgehead atoms. The van der Waals surface area contributed by atoms with Crippen LogP contribution in [0.25, 0.3) is 0 Å². The van der Waals surface area contributed by atoms with Gasteiger partial charge in [-0.1, -0.05) is 23.7 Å². The monoisotopic (exact) mass is 605 g/mol. The van der Waals surface area contributed by atoms with Gasteiger partial charge >= 0.3 is 12.2 Å². The predicted molar refractivity (Wildman–Crippen MR) is 157 cm³/mol. The number of fused-ring (bicyclic) bond motifs is 2. The fourth-order valence-corrected chi connectivity index (χ4v) is 5.59. The quantitative estimate of drug-likeness (QED) is 0.270. The number of ether oxygens (including phenoxy) is 1. The van der Waals surface area contributed by atoms with Gasteiger partial charge in [-0.2, -0.15) is 0 Å². The number of rotatable bonds is 7. The molecule has 0 aromatic heterocycles. The first-order chi connectivity index (χ1) is 20.5. The highest BCUT2D eigenvalue weighted by Crippen LogP contribution is 2.43. The zero-order valence-corrected chi connectivity index (χ0v) is 23.5. The van der Waals surface area contributed by atoms with E-state index in [1.807, 2.05) is 0 Å². The highest BCUT2D eigenvalue weighted by molar-refractivity contribution is 6.30. The number of carboxylic acid groups (broad SMARTS) is 1. The van der Waals surface area contributed by atoms with Gasteiger partial charge in [-0.3, -0.25) is 25.0 Å². The average molecular weight is 606 g/mol. The Morgan fingerprint density at radius 1 is 1.05 bits per heavy atom. The first kappa shape index (κ1) is 29.4. The summed E-state index contributed by atoms with van der Waals surface area (Å²) in [5.41, 5.74) is 6.91. The maximum atomic E-state index is 14.1. The summed E-state index contributed by atoms with van der Waals surface area (Å²) in [5.74, 6) is -1.54. The van der Waals surface area contributed by atoms with E-state index < -0.39 is 41.6 Å². The molecule has 3 aromatic rings. The Labute approximate surface area is 251 Å². The fourth-order valence-electron chi connectivity index (χ4n) is 5.41. The topological polar surface area (TPSA) is 180 Å². The lowest BCUT2D eigenvalue weighted by Crippen LogP contribution is -2.57. The minimum Gasteiger partial charge on any atom is -0.465 e. The van der Waals surface area contributed by atoms with E-state index in [2.05, 4.69) is 16.0 Å². The SMILES string of the molecule is NC(=O)c1ccc(C[C@H](NC(=O)c2ccc(NC(=O)O)cc2)C(=O)N2CCC[C@@]3(C2)OC(=O)Nc2ccc(Cl)cc23)cc1. The first-order valence-electron chi connectivity index (χ1n) is 13.4. The summed E-state index contributed by atoms with van der Waals surface area (Å²) in [7, 11) is 0. The van der Waals surface area contributed by atoms with Crippen LogP contribution in [0.2, 0.25) is 5.02 Å². The van der Waals surface area contributed by atoms with E-state index >= 15 is 0 Å². The number of halogens is 1. The van der Waals surface area contributed by atoms with Crippen LogP contribution in [0.4, 0.5) is 21.0 Å². The van der Waals surface area contributed by atoms with Gasteiger partial charge in [-0.15, -0.1) is 0 Å². The summed E-state index contributed by atoms with van der Waals surface area (Å²) < 4.78 is 5.82.